The Balaban J connectivity index is 1.97. The van der Waals surface area contributed by atoms with Gasteiger partial charge in [0.1, 0.15) is 6.10 Å². The molecule has 1 atom stereocenters. The fraction of sp³-hybridized carbons (Fsp3) is 0.571. The lowest BCUT2D eigenvalue weighted by Crippen LogP contribution is -2.37. The first-order valence-corrected chi connectivity index (χ1v) is 6.80. The first-order valence-electron chi connectivity index (χ1n) is 6.80. The summed E-state index contributed by atoms with van der Waals surface area (Å²) in [5.74, 6) is 0.454. The third-order valence-corrected chi connectivity index (χ3v) is 3.30. The smallest absolute Gasteiger partial charge is 0.236 e. The van der Waals surface area contributed by atoms with E-state index in [1.165, 1.54) is 12.8 Å². The Bertz CT molecular complexity index is 428. The molecule has 2 rings (SSSR count). The molecule has 1 heterocycles. The molecule has 1 amide bonds. The second-order valence-electron chi connectivity index (χ2n) is 5.00. The average molecular weight is 263 g/mol. The highest BCUT2D eigenvalue weighted by Gasteiger charge is 2.18. The van der Waals surface area contributed by atoms with E-state index in [2.05, 4.69) is 10.3 Å². The Morgan fingerprint density at radius 2 is 2.32 bits per heavy atom. The molecule has 1 aromatic heterocycles. The van der Waals surface area contributed by atoms with E-state index in [1.54, 1.807) is 13.1 Å². The molecular formula is C14H21N3O2. The monoisotopic (exact) mass is 263 g/mol. The Morgan fingerprint density at radius 3 is 3.00 bits per heavy atom. The summed E-state index contributed by atoms with van der Waals surface area (Å²) >= 11 is 0. The maximum atomic E-state index is 11.5. The summed E-state index contributed by atoms with van der Waals surface area (Å²) < 4.78 is 5.91. The van der Waals surface area contributed by atoms with E-state index >= 15 is 0 Å². The molecule has 1 aliphatic rings. The van der Waals surface area contributed by atoms with Gasteiger partial charge in [-0.15, -0.1) is 0 Å². The van der Waals surface area contributed by atoms with Crippen LogP contribution in [-0.2, 0) is 11.3 Å². The summed E-state index contributed by atoms with van der Waals surface area (Å²) in [7, 11) is 0. The number of ether oxygens (including phenoxy) is 1. The summed E-state index contributed by atoms with van der Waals surface area (Å²) in [5, 5.41) is 2.78. The molecule has 0 aromatic carbocycles. The molecule has 1 aromatic rings. The van der Waals surface area contributed by atoms with E-state index in [4.69, 9.17) is 10.5 Å². The number of amides is 1. The quantitative estimate of drug-likeness (QED) is 0.841. The predicted molar refractivity (Wildman–Crippen MR) is 72.6 cm³/mol. The van der Waals surface area contributed by atoms with Gasteiger partial charge < -0.3 is 15.8 Å². The normalized spacial score (nSPS) is 17.2. The Hall–Kier alpha value is -1.62. The van der Waals surface area contributed by atoms with E-state index in [0.29, 0.717) is 12.4 Å². The molecule has 0 radical (unpaired) electrons. The van der Waals surface area contributed by atoms with Gasteiger partial charge in [0, 0.05) is 18.3 Å². The highest BCUT2D eigenvalue weighted by atomic mass is 16.5. The molecule has 0 aliphatic heterocycles. The third kappa shape index (κ3) is 3.92. The zero-order valence-electron chi connectivity index (χ0n) is 11.3. The minimum atomic E-state index is -0.504. The molecule has 1 fully saturated rings. The first kappa shape index (κ1) is 13.8. The van der Waals surface area contributed by atoms with Gasteiger partial charge in [-0.2, -0.15) is 0 Å². The van der Waals surface area contributed by atoms with Crippen molar-refractivity contribution in [3.8, 4) is 5.88 Å². The Labute approximate surface area is 113 Å². The lowest BCUT2D eigenvalue weighted by molar-refractivity contribution is -0.122. The number of carbonyl (C=O) groups excluding carboxylic acids is 1. The van der Waals surface area contributed by atoms with E-state index in [0.717, 1.165) is 18.4 Å². The largest absolute Gasteiger partial charge is 0.474 e. The van der Waals surface area contributed by atoms with Gasteiger partial charge in [0.05, 0.1) is 6.04 Å². The van der Waals surface area contributed by atoms with Gasteiger partial charge in [-0.1, -0.05) is 6.07 Å². The van der Waals surface area contributed by atoms with Crippen molar-refractivity contribution in [1.29, 1.82) is 0 Å². The van der Waals surface area contributed by atoms with Crippen molar-refractivity contribution in [2.75, 3.05) is 0 Å². The highest BCUT2D eigenvalue weighted by Crippen LogP contribution is 2.24. The summed E-state index contributed by atoms with van der Waals surface area (Å²) in [6.07, 6.45) is 6.58. The number of aromatic nitrogens is 1. The van der Waals surface area contributed by atoms with Crippen molar-refractivity contribution in [2.45, 2.75) is 51.3 Å². The van der Waals surface area contributed by atoms with Gasteiger partial charge in [-0.3, -0.25) is 4.79 Å². The molecular weight excluding hydrogens is 242 g/mol. The predicted octanol–water partition coefficient (Wildman–Crippen LogP) is 1.37. The van der Waals surface area contributed by atoms with Crippen LogP contribution in [0.1, 0.15) is 38.2 Å². The van der Waals surface area contributed by atoms with Crippen LogP contribution in [0.2, 0.25) is 0 Å². The number of carbonyl (C=O) groups is 1. The molecule has 1 saturated carbocycles. The van der Waals surface area contributed by atoms with Crippen molar-refractivity contribution in [2.24, 2.45) is 5.73 Å². The maximum Gasteiger partial charge on any atom is 0.236 e. The number of hydrogen-bond acceptors (Lipinski definition) is 4. The number of hydrogen-bond donors (Lipinski definition) is 2. The van der Waals surface area contributed by atoms with Gasteiger partial charge in [0.15, 0.2) is 0 Å². The standard InChI is InChI=1S/C14H21N3O2/c1-10(15)13(18)17-9-11-5-4-8-16-14(11)19-12-6-2-3-7-12/h4-5,8,10,12H,2-3,6-7,9,15H2,1H3,(H,17,18). The van der Waals surface area contributed by atoms with Crippen LogP contribution in [0.25, 0.3) is 0 Å². The molecule has 0 spiro atoms. The van der Waals surface area contributed by atoms with Crippen molar-refractivity contribution in [3.63, 3.8) is 0 Å². The summed E-state index contributed by atoms with van der Waals surface area (Å²) in [6.45, 7) is 2.06. The molecule has 1 aliphatic carbocycles. The van der Waals surface area contributed by atoms with Crippen LogP contribution in [0.3, 0.4) is 0 Å². The highest BCUT2D eigenvalue weighted by molar-refractivity contribution is 5.80. The number of rotatable bonds is 5. The fourth-order valence-electron chi connectivity index (χ4n) is 2.17. The second-order valence-corrected chi connectivity index (χ2v) is 5.00. The lowest BCUT2D eigenvalue weighted by Gasteiger charge is -2.15. The Kier molecular flexibility index (Phi) is 4.74. The summed E-state index contributed by atoms with van der Waals surface area (Å²) in [4.78, 5) is 15.7. The zero-order valence-corrected chi connectivity index (χ0v) is 11.3. The average Bonchev–Trinajstić information content (AvgIpc) is 2.90. The molecule has 104 valence electrons. The summed E-state index contributed by atoms with van der Waals surface area (Å²) in [6, 6.07) is 3.25. The van der Waals surface area contributed by atoms with Crippen LogP contribution in [0.15, 0.2) is 18.3 Å². The number of nitrogens with zero attached hydrogens (tertiary/aromatic N) is 1. The first-order chi connectivity index (χ1) is 9.16. The summed E-state index contributed by atoms with van der Waals surface area (Å²) in [5.41, 5.74) is 6.40. The third-order valence-electron chi connectivity index (χ3n) is 3.30. The van der Waals surface area contributed by atoms with Gasteiger partial charge in [0.2, 0.25) is 11.8 Å². The molecule has 19 heavy (non-hydrogen) atoms. The minimum Gasteiger partial charge on any atom is -0.474 e. The van der Waals surface area contributed by atoms with Gasteiger partial charge >= 0.3 is 0 Å². The molecule has 0 saturated heterocycles. The van der Waals surface area contributed by atoms with Crippen LogP contribution in [0, 0.1) is 0 Å². The molecule has 0 bridgehead atoms. The van der Waals surface area contributed by atoms with Crippen LogP contribution in [0.5, 0.6) is 5.88 Å². The number of pyridine rings is 1. The maximum absolute atomic E-state index is 11.5. The van der Waals surface area contributed by atoms with E-state index in [1.807, 2.05) is 12.1 Å². The van der Waals surface area contributed by atoms with Crippen molar-refractivity contribution in [3.05, 3.63) is 23.9 Å². The van der Waals surface area contributed by atoms with Crippen LogP contribution >= 0.6 is 0 Å². The van der Waals surface area contributed by atoms with E-state index < -0.39 is 6.04 Å². The minimum absolute atomic E-state index is 0.171. The lowest BCUT2D eigenvalue weighted by atomic mass is 10.2. The SMILES string of the molecule is CC(N)C(=O)NCc1cccnc1OC1CCCC1. The molecule has 5 nitrogen and oxygen atoms in total. The molecule has 1 unspecified atom stereocenters. The van der Waals surface area contributed by atoms with E-state index in [-0.39, 0.29) is 12.0 Å². The number of nitrogens with one attached hydrogen (secondary N) is 1. The van der Waals surface area contributed by atoms with Crippen LogP contribution < -0.4 is 15.8 Å². The van der Waals surface area contributed by atoms with Crippen molar-refractivity contribution < 1.29 is 9.53 Å². The Morgan fingerprint density at radius 1 is 1.58 bits per heavy atom. The second kappa shape index (κ2) is 6.52. The molecule has 3 N–H and O–H groups in total. The van der Waals surface area contributed by atoms with Gasteiger partial charge in [0.25, 0.3) is 0 Å². The van der Waals surface area contributed by atoms with Crippen LogP contribution in [-0.4, -0.2) is 23.0 Å². The van der Waals surface area contributed by atoms with Crippen LogP contribution in [0.4, 0.5) is 0 Å². The van der Waals surface area contributed by atoms with E-state index in [9.17, 15) is 4.79 Å². The van der Waals surface area contributed by atoms with Crippen molar-refractivity contribution in [1.82, 2.24) is 10.3 Å². The number of nitrogens with two attached hydrogens (primary N) is 1. The van der Waals surface area contributed by atoms with Crippen molar-refractivity contribution >= 4 is 5.91 Å². The fourth-order valence-corrected chi connectivity index (χ4v) is 2.17. The topological polar surface area (TPSA) is 77.2 Å². The van der Waals surface area contributed by atoms with Gasteiger partial charge in [-0.25, -0.2) is 4.98 Å². The van der Waals surface area contributed by atoms with Gasteiger partial charge in [-0.05, 0) is 38.7 Å². The molecule has 5 heteroatoms. The zero-order chi connectivity index (χ0) is 13.7.